The van der Waals surface area contributed by atoms with Crippen LogP contribution in [0, 0.1) is 5.41 Å². The number of nitrogens with zero attached hydrogens (tertiary/aromatic N) is 1. The smallest absolute Gasteiger partial charge is 0.235 e. The Morgan fingerprint density at radius 1 is 1.56 bits per heavy atom. The Morgan fingerprint density at radius 3 is 2.11 bits per heavy atom. The van der Waals surface area contributed by atoms with Gasteiger partial charge in [-0.15, -0.1) is 0 Å². The molecule has 5 heteroatoms. The van der Waals surface area contributed by atoms with E-state index in [-0.39, 0.29) is 13.2 Å². The predicted molar refractivity (Wildman–Crippen MR) is 28.5 cm³/mol. The first-order valence-electron chi connectivity index (χ1n) is 2.01. The summed E-state index contributed by atoms with van der Waals surface area (Å²) in [4.78, 5) is 20.5. The lowest BCUT2D eigenvalue weighted by Gasteiger charge is -1.72. The zero-order valence-electron chi connectivity index (χ0n) is 4.63. The van der Waals surface area contributed by atoms with Crippen molar-refractivity contribution in [2.45, 2.75) is 0 Å². The van der Waals surface area contributed by atoms with Crippen LogP contribution in [0.1, 0.15) is 0 Å². The van der Waals surface area contributed by atoms with Crippen LogP contribution in [0.2, 0.25) is 0 Å². The molecule has 5 nitrogen and oxygen atoms in total. The van der Waals surface area contributed by atoms with Gasteiger partial charge in [0.25, 0.3) is 0 Å². The third-order valence-electron chi connectivity index (χ3n) is 0.276. The van der Waals surface area contributed by atoms with Gasteiger partial charge in [-0.3, -0.25) is 0 Å². The molecule has 0 aliphatic heterocycles. The summed E-state index contributed by atoms with van der Waals surface area (Å²) in [7, 11) is 0. The second-order valence-corrected chi connectivity index (χ2v) is 0.799. The molecule has 0 amide bonds. The van der Waals surface area contributed by atoms with Crippen LogP contribution >= 0.6 is 0 Å². The molecular weight excluding hydrogens is 124 g/mol. The van der Waals surface area contributed by atoms with E-state index in [0.29, 0.717) is 0 Å². The van der Waals surface area contributed by atoms with Crippen LogP contribution in [0.15, 0.2) is 4.99 Å². The van der Waals surface area contributed by atoms with E-state index in [1.54, 1.807) is 0 Å². The lowest BCUT2D eigenvalue weighted by atomic mass is 10.7. The highest BCUT2D eigenvalue weighted by Gasteiger charge is 1.67. The minimum Gasteiger partial charge on any atom is -0.394 e. The molecule has 0 aromatic heterocycles. The van der Waals surface area contributed by atoms with Crippen LogP contribution < -0.4 is 0 Å². The van der Waals surface area contributed by atoms with E-state index in [2.05, 4.69) is 4.99 Å². The van der Waals surface area contributed by atoms with Crippen molar-refractivity contribution in [3.63, 3.8) is 0 Å². The quantitative estimate of drug-likeness (QED) is 0.379. The zero-order chi connectivity index (χ0) is 7.54. The van der Waals surface area contributed by atoms with Crippen LogP contribution in [0.3, 0.4) is 0 Å². The fourth-order valence-electron chi connectivity index (χ4n) is 0.0956. The lowest BCUT2D eigenvalue weighted by Crippen LogP contribution is -1.83. The molecule has 0 saturated heterocycles. The Bertz CT molecular complexity index is 122. The maximum Gasteiger partial charge on any atom is 0.235 e. The molecule has 0 bridgehead atoms. The molecule has 9 heavy (non-hydrogen) atoms. The topological polar surface area (TPSA) is 90.6 Å². The van der Waals surface area contributed by atoms with Gasteiger partial charge in [0, 0.05) is 0 Å². The molecule has 50 valence electrons. The molecule has 0 saturated carbocycles. The average molecular weight is 130 g/mol. The Morgan fingerprint density at radius 2 is 2.00 bits per heavy atom. The summed E-state index contributed by atoms with van der Waals surface area (Å²) in [6, 6.07) is 0. The average Bonchev–Trinajstić information content (AvgIpc) is 1.86. The molecule has 0 rings (SSSR count). The molecule has 0 spiro atoms. The number of nitrogens with one attached hydrogen (secondary N) is 1. The van der Waals surface area contributed by atoms with Crippen LogP contribution in [0.25, 0.3) is 0 Å². The largest absolute Gasteiger partial charge is 0.394 e. The molecule has 0 aliphatic rings. The third-order valence-corrected chi connectivity index (χ3v) is 0.276. The van der Waals surface area contributed by atoms with Gasteiger partial charge in [-0.25, -0.2) is 20.0 Å². The van der Waals surface area contributed by atoms with E-state index in [1.807, 2.05) is 0 Å². The second-order valence-electron chi connectivity index (χ2n) is 0.799. The zero-order valence-corrected chi connectivity index (χ0v) is 4.63. The first-order chi connectivity index (χ1) is 4.33. The number of aliphatic hydroxyl groups excluding tert-OH is 1. The van der Waals surface area contributed by atoms with Crippen LogP contribution in [-0.4, -0.2) is 30.4 Å². The molecule has 0 aromatic carbocycles. The van der Waals surface area contributed by atoms with Gasteiger partial charge in [0.2, 0.25) is 12.2 Å². The van der Waals surface area contributed by atoms with Gasteiger partial charge in [0.15, 0.2) is 0 Å². The number of aliphatic imine (C=N–C) groups is 1. The fraction of sp³-hybridized carbons (Fsp3) is 0.500. The van der Waals surface area contributed by atoms with Crippen molar-refractivity contribution in [1.82, 2.24) is 0 Å². The molecular formula is C4H6N2O3. The highest BCUT2D eigenvalue weighted by molar-refractivity contribution is 5.32. The van der Waals surface area contributed by atoms with Crippen molar-refractivity contribution in [2.75, 3.05) is 13.2 Å². The summed E-state index contributed by atoms with van der Waals surface area (Å²) in [6.07, 6.45) is 2.03. The van der Waals surface area contributed by atoms with E-state index in [0.717, 1.165) is 6.08 Å². The molecule has 0 heterocycles. The number of rotatable bonds is 2. The fourth-order valence-corrected chi connectivity index (χ4v) is 0.0956. The summed E-state index contributed by atoms with van der Waals surface area (Å²) in [5, 5.41) is 13.3. The predicted octanol–water partition coefficient (Wildman–Crippen LogP) is -0.785. The van der Waals surface area contributed by atoms with Gasteiger partial charge in [-0.2, -0.15) is 0 Å². The summed E-state index contributed by atoms with van der Waals surface area (Å²) < 4.78 is 0. The number of hydrogen-bond donors (Lipinski definition) is 2. The van der Waals surface area contributed by atoms with E-state index < -0.39 is 0 Å². The molecule has 2 N–H and O–H groups in total. The molecule has 0 fully saturated rings. The van der Waals surface area contributed by atoms with Crippen LogP contribution in [0.5, 0.6) is 0 Å². The van der Waals surface area contributed by atoms with Gasteiger partial charge in [0.1, 0.15) is 0 Å². The minimum absolute atomic E-state index is 0.0742. The standard InChI is InChI=1S/C3H5NO2.CHNO/c5-2-1-4-3-6;2-1-3/h5H,1-2H2;2H. The van der Waals surface area contributed by atoms with Gasteiger partial charge in [-0.1, -0.05) is 0 Å². The lowest BCUT2D eigenvalue weighted by molar-refractivity contribution is 0.306. The Kier molecular flexibility index (Phi) is 18.8. The van der Waals surface area contributed by atoms with E-state index in [9.17, 15) is 0 Å². The second kappa shape index (κ2) is 15.9. The molecule has 0 aromatic rings. The molecule has 0 radical (unpaired) electrons. The molecule has 0 aliphatic carbocycles. The monoisotopic (exact) mass is 130 g/mol. The molecule has 0 atom stereocenters. The maximum atomic E-state index is 9.16. The van der Waals surface area contributed by atoms with Gasteiger partial charge < -0.3 is 5.11 Å². The Labute approximate surface area is 51.5 Å². The Balaban J connectivity index is 0. The third kappa shape index (κ3) is 50.6. The molecule has 0 unspecified atom stereocenters. The summed E-state index contributed by atoms with van der Waals surface area (Å²) in [5.74, 6) is 0. The number of hydrogen-bond acceptors (Lipinski definition) is 5. The summed E-state index contributed by atoms with van der Waals surface area (Å²) >= 11 is 0. The van der Waals surface area contributed by atoms with Crippen molar-refractivity contribution in [3.8, 4) is 0 Å². The minimum atomic E-state index is -0.0742. The normalized spacial score (nSPS) is 5.44. The van der Waals surface area contributed by atoms with Crippen molar-refractivity contribution in [1.29, 1.82) is 5.41 Å². The van der Waals surface area contributed by atoms with Gasteiger partial charge in [-0.05, 0) is 0 Å². The van der Waals surface area contributed by atoms with E-state index >= 15 is 0 Å². The van der Waals surface area contributed by atoms with Gasteiger partial charge in [0.05, 0.1) is 13.2 Å². The highest BCUT2D eigenvalue weighted by atomic mass is 16.3. The SMILES string of the molecule is N=C=O.O=C=NCCO. The summed E-state index contributed by atoms with van der Waals surface area (Å²) in [6.45, 7) is 0.0960. The van der Waals surface area contributed by atoms with Crippen molar-refractivity contribution < 1.29 is 14.7 Å². The van der Waals surface area contributed by atoms with Gasteiger partial charge >= 0.3 is 0 Å². The first-order valence-corrected chi connectivity index (χ1v) is 2.01. The number of isocyanates is 2. The van der Waals surface area contributed by atoms with Crippen molar-refractivity contribution >= 4 is 12.2 Å². The van der Waals surface area contributed by atoms with Crippen LogP contribution in [0.4, 0.5) is 0 Å². The highest BCUT2D eigenvalue weighted by Crippen LogP contribution is 1.56. The Hall–Kier alpha value is -1.28. The van der Waals surface area contributed by atoms with Crippen molar-refractivity contribution in [3.05, 3.63) is 0 Å². The maximum absolute atomic E-state index is 9.16. The van der Waals surface area contributed by atoms with Crippen molar-refractivity contribution in [2.24, 2.45) is 4.99 Å². The summed E-state index contributed by atoms with van der Waals surface area (Å²) in [5.41, 5.74) is 0. The first kappa shape index (κ1) is 10.7. The van der Waals surface area contributed by atoms with E-state index in [1.165, 1.54) is 6.08 Å². The van der Waals surface area contributed by atoms with E-state index in [4.69, 9.17) is 20.1 Å². The number of aliphatic hydroxyl groups is 1. The van der Waals surface area contributed by atoms with Crippen LogP contribution in [-0.2, 0) is 9.59 Å². The number of carbonyl (C=O) groups excluding carboxylic acids is 2.